The number of aromatic nitrogens is 2. The van der Waals surface area contributed by atoms with Gasteiger partial charge in [0.2, 0.25) is 0 Å². The highest BCUT2D eigenvalue weighted by atomic mass is 15.3. The molecule has 0 aliphatic heterocycles. The van der Waals surface area contributed by atoms with Crippen LogP contribution in [0, 0.1) is 5.92 Å². The molecule has 1 aromatic heterocycles. The van der Waals surface area contributed by atoms with E-state index in [-0.39, 0.29) is 0 Å². The second kappa shape index (κ2) is 4.13. The molecule has 2 rings (SSSR count). The van der Waals surface area contributed by atoms with Crippen LogP contribution in [0.2, 0.25) is 0 Å². The van der Waals surface area contributed by atoms with Crippen molar-refractivity contribution in [3.05, 3.63) is 17.5 Å². The number of hydrogen-bond acceptors (Lipinski definition) is 2. The molecule has 1 aliphatic rings. The van der Waals surface area contributed by atoms with E-state index in [1.165, 1.54) is 30.5 Å². The molecule has 3 heteroatoms. The topological polar surface area (TPSA) is 43.8 Å². The Morgan fingerprint density at radius 3 is 3.21 bits per heavy atom. The summed E-state index contributed by atoms with van der Waals surface area (Å²) in [6.07, 6.45) is 6.87. The summed E-state index contributed by atoms with van der Waals surface area (Å²) in [6, 6.07) is 0. The van der Waals surface area contributed by atoms with E-state index in [0.717, 1.165) is 25.4 Å². The fourth-order valence-electron chi connectivity index (χ4n) is 2.42. The van der Waals surface area contributed by atoms with Gasteiger partial charge in [0.05, 0.1) is 6.20 Å². The van der Waals surface area contributed by atoms with Crippen LogP contribution in [0.25, 0.3) is 0 Å². The number of nitrogens with two attached hydrogens (primary N) is 1. The molecule has 0 spiro atoms. The van der Waals surface area contributed by atoms with Crippen molar-refractivity contribution in [2.24, 2.45) is 11.7 Å². The third-order valence-electron chi connectivity index (χ3n) is 3.21. The van der Waals surface area contributed by atoms with Crippen molar-refractivity contribution in [1.82, 2.24) is 9.78 Å². The highest BCUT2D eigenvalue weighted by Crippen LogP contribution is 2.26. The first kappa shape index (κ1) is 9.71. The molecule has 1 aliphatic carbocycles. The van der Waals surface area contributed by atoms with Crippen molar-refractivity contribution in [1.29, 1.82) is 0 Å². The summed E-state index contributed by atoms with van der Waals surface area (Å²) in [5.41, 5.74) is 8.50. The van der Waals surface area contributed by atoms with Gasteiger partial charge in [-0.25, -0.2) is 0 Å². The van der Waals surface area contributed by atoms with Gasteiger partial charge in [-0.1, -0.05) is 0 Å². The van der Waals surface area contributed by atoms with E-state index in [1.54, 1.807) is 0 Å². The largest absolute Gasteiger partial charge is 0.330 e. The van der Waals surface area contributed by atoms with E-state index < -0.39 is 0 Å². The third kappa shape index (κ3) is 1.69. The standard InChI is InChI=1S/C11H19N3/c1-2-14-11-4-3-9(5-6-12)7-10(11)8-13-14/h8-9H,2-7,12H2,1H3. The summed E-state index contributed by atoms with van der Waals surface area (Å²) in [5.74, 6) is 0.794. The van der Waals surface area contributed by atoms with E-state index in [1.807, 2.05) is 6.20 Å². The Labute approximate surface area is 85.3 Å². The molecule has 2 N–H and O–H groups in total. The molecule has 0 radical (unpaired) electrons. The summed E-state index contributed by atoms with van der Waals surface area (Å²) >= 11 is 0. The minimum atomic E-state index is 0.794. The van der Waals surface area contributed by atoms with Gasteiger partial charge in [-0.2, -0.15) is 5.10 Å². The van der Waals surface area contributed by atoms with Gasteiger partial charge in [0.25, 0.3) is 0 Å². The zero-order valence-electron chi connectivity index (χ0n) is 8.87. The lowest BCUT2D eigenvalue weighted by atomic mass is 9.86. The highest BCUT2D eigenvalue weighted by molar-refractivity contribution is 5.21. The van der Waals surface area contributed by atoms with E-state index >= 15 is 0 Å². The Morgan fingerprint density at radius 2 is 2.50 bits per heavy atom. The molecule has 1 aromatic rings. The Bertz CT molecular complexity index is 303. The van der Waals surface area contributed by atoms with E-state index in [2.05, 4.69) is 16.7 Å². The Balaban J connectivity index is 2.12. The summed E-state index contributed by atoms with van der Waals surface area (Å²) in [7, 11) is 0. The van der Waals surface area contributed by atoms with Gasteiger partial charge in [-0.3, -0.25) is 4.68 Å². The summed E-state index contributed by atoms with van der Waals surface area (Å²) < 4.78 is 2.13. The van der Waals surface area contributed by atoms with Crippen LogP contribution in [0.5, 0.6) is 0 Å². The molecule has 0 aromatic carbocycles. The Morgan fingerprint density at radius 1 is 1.64 bits per heavy atom. The van der Waals surface area contributed by atoms with E-state index in [0.29, 0.717) is 0 Å². The molecule has 0 fully saturated rings. The zero-order valence-corrected chi connectivity index (χ0v) is 8.87. The quantitative estimate of drug-likeness (QED) is 0.787. The van der Waals surface area contributed by atoms with Crippen LogP contribution < -0.4 is 5.73 Å². The molecule has 0 saturated carbocycles. The van der Waals surface area contributed by atoms with Crippen LogP contribution in [0.4, 0.5) is 0 Å². The molecule has 0 bridgehead atoms. The van der Waals surface area contributed by atoms with Crippen LogP contribution in [0.15, 0.2) is 6.20 Å². The fourth-order valence-corrected chi connectivity index (χ4v) is 2.42. The van der Waals surface area contributed by atoms with Gasteiger partial charge in [0, 0.05) is 12.2 Å². The number of aryl methyl sites for hydroxylation is 1. The predicted molar refractivity (Wildman–Crippen MR) is 57.1 cm³/mol. The van der Waals surface area contributed by atoms with Gasteiger partial charge >= 0.3 is 0 Å². The highest BCUT2D eigenvalue weighted by Gasteiger charge is 2.21. The molecule has 1 unspecified atom stereocenters. The Kier molecular flexibility index (Phi) is 2.87. The molecular formula is C11H19N3. The van der Waals surface area contributed by atoms with Crippen molar-refractivity contribution in [2.75, 3.05) is 6.54 Å². The lowest BCUT2D eigenvalue weighted by Gasteiger charge is -2.22. The smallest absolute Gasteiger partial charge is 0.0524 e. The monoisotopic (exact) mass is 193 g/mol. The second-order valence-corrected chi connectivity index (χ2v) is 4.12. The van der Waals surface area contributed by atoms with Crippen LogP contribution in [-0.4, -0.2) is 16.3 Å². The Hall–Kier alpha value is -0.830. The third-order valence-corrected chi connectivity index (χ3v) is 3.21. The first-order valence-corrected chi connectivity index (χ1v) is 5.58. The number of fused-ring (bicyclic) bond motifs is 1. The molecule has 0 amide bonds. The fraction of sp³-hybridized carbons (Fsp3) is 0.727. The summed E-state index contributed by atoms with van der Waals surface area (Å²) in [4.78, 5) is 0. The van der Waals surface area contributed by atoms with Gasteiger partial charge in [0.15, 0.2) is 0 Å². The summed E-state index contributed by atoms with van der Waals surface area (Å²) in [5, 5.41) is 4.40. The summed E-state index contributed by atoms with van der Waals surface area (Å²) in [6.45, 7) is 3.97. The van der Waals surface area contributed by atoms with Crippen molar-refractivity contribution in [3.8, 4) is 0 Å². The lowest BCUT2D eigenvalue weighted by Crippen LogP contribution is -2.18. The molecule has 1 atom stereocenters. The van der Waals surface area contributed by atoms with Crippen LogP contribution >= 0.6 is 0 Å². The van der Waals surface area contributed by atoms with Crippen molar-refractivity contribution >= 4 is 0 Å². The minimum Gasteiger partial charge on any atom is -0.330 e. The molecule has 14 heavy (non-hydrogen) atoms. The average Bonchev–Trinajstić information content (AvgIpc) is 2.60. The van der Waals surface area contributed by atoms with E-state index in [9.17, 15) is 0 Å². The molecule has 0 saturated heterocycles. The first-order valence-electron chi connectivity index (χ1n) is 5.58. The maximum Gasteiger partial charge on any atom is 0.0524 e. The average molecular weight is 193 g/mol. The van der Waals surface area contributed by atoms with Crippen molar-refractivity contribution in [3.63, 3.8) is 0 Å². The van der Waals surface area contributed by atoms with Crippen LogP contribution in [0.1, 0.15) is 31.0 Å². The minimum absolute atomic E-state index is 0.794. The van der Waals surface area contributed by atoms with E-state index in [4.69, 9.17) is 5.73 Å². The van der Waals surface area contributed by atoms with Crippen molar-refractivity contribution in [2.45, 2.75) is 39.2 Å². The molecule has 3 nitrogen and oxygen atoms in total. The van der Waals surface area contributed by atoms with Crippen LogP contribution in [-0.2, 0) is 19.4 Å². The second-order valence-electron chi connectivity index (χ2n) is 4.12. The molecule has 1 heterocycles. The van der Waals surface area contributed by atoms with Gasteiger partial charge in [-0.15, -0.1) is 0 Å². The predicted octanol–water partition coefficient (Wildman–Crippen LogP) is 1.36. The maximum absolute atomic E-state index is 5.59. The van der Waals surface area contributed by atoms with Gasteiger partial charge in [-0.05, 0) is 50.6 Å². The SMILES string of the molecule is CCn1ncc2c1CCC(CCN)C2. The molecular weight excluding hydrogens is 174 g/mol. The number of nitrogens with zero attached hydrogens (tertiary/aromatic N) is 2. The number of hydrogen-bond donors (Lipinski definition) is 1. The number of rotatable bonds is 3. The van der Waals surface area contributed by atoms with Crippen molar-refractivity contribution < 1.29 is 0 Å². The molecule has 78 valence electrons. The normalized spacial score (nSPS) is 20.9. The lowest BCUT2D eigenvalue weighted by molar-refractivity contribution is 0.421. The first-order chi connectivity index (χ1) is 6.85. The van der Waals surface area contributed by atoms with Gasteiger partial charge in [0.1, 0.15) is 0 Å². The zero-order chi connectivity index (χ0) is 9.97. The van der Waals surface area contributed by atoms with Crippen LogP contribution in [0.3, 0.4) is 0 Å². The van der Waals surface area contributed by atoms with Gasteiger partial charge < -0.3 is 5.73 Å². The maximum atomic E-state index is 5.59.